The van der Waals surface area contributed by atoms with Crippen molar-refractivity contribution in [3.05, 3.63) is 88.0 Å². The molecule has 0 saturated heterocycles. The predicted octanol–water partition coefficient (Wildman–Crippen LogP) is 5.24. The van der Waals surface area contributed by atoms with Crippen molar-refractivity contribution in [1.29, 1.82) is 0 Å². The van der Waals surface area contributed by atoms with Gasteiger partial charge in [-0.05, 0) is 61.9 Å². The number of aldehydes is 1. The maximum atomic E-state index is 14.8. The van der Waals surface area contributed by atoms with Gasteiger partial charge in [-0.3, -0.25) is 9.59 Å². The van der Waals surface area contributed by atoms with E-state index in [2.05, 4.69) is 15.4 Å². The molecule has 39 heavy (non-hydrogen) atoms. The average molecular weight is 543 g/mol. The van der Waals surface area contributed by atoms with Crippen LogP contribution in [0.15, 0.2) is 59.9 Å². The van der Waals surface area contributed by atoms with Gasteiger partial charge in [0.1, 0.15) is 17.0 Å². The Morgan fingerprint density at radius 2 is 2.03 bits per heavy atom. The second-order valence-electron chi connectivity index (χ2n) is 9.14. The molecule has 4 rings (SSSR count). The van der Waals surface area contributed by atoms with Crippen molar-refractivity contribution in [2.45, 2.75) is 32.0 Å². The van der Waals surface area contributed by atoms with Crippen LogP contribution in [-0.4, -0.2) is 50.4 Å². The van der Waals surface area contributed by atoms with E-state index in [0.29, 0.717) is 42.6 Å². The van der Waals surface area contributed by atoms with Gasteiger partial charge >= 0.3 is 6.18 Å². The largest absolute Gasteiger partial charge is 0.423 e. The number of imidazole rings is 1. The first kappa shape index (κ1) is 27.6. The summed E-state index contributed by atoms with van der Waals surface area (Å²) >= 11 is 0. The zero-order valence-electron chi connectivity index (χ0n) is 21.2. The van der Waals surface area contributed by atoms with Gasteiger partial charge in [-0.1, -0.05) is 6.07 Å². The fourth-order valence-corrected chi connectivity index (χ4v) is 4.17. The summed E-state index contributed by atoms with van der Waals surface area (Å²) in [6.07, 6.45) is 4.81. The van der Waals surface area contributed by atoms with Crippen LogP contribution in [0.25, 0.3) is 23.0 Å². The zero-order valence-corrected chi connectivity index (χ0v) is 21.2. The summed E-state index contributed by atoms with van der Waals surface area (Å²) < 4.78 is 56.3. The second-order valence-corrected chi connectivity index (χ2v) is 9.14. The summed E-state index contributed by atoms with van der Waals surface area (Å²) in [6, 6.07) is 7.87. The molecule has 1 aromatic carbocycles. The topological polar surface area (TPSA) is 95.4 Å². The summed E-state index contributed by atoms with van der Waals surface area (Å²) in [7, 11) is 1.81. The summed E-state index contributed by atoms with van der Waals surface area (Å²) in [5, 5.41) is 7.99. The van der Waals surface area contributed by atoms with Gasteiger partial charge in [0, 0.05) is 43.2 Å². The van der Waals surface area contributed by atoms with E-state index in [1.54, 1.807) is 48.1 Å². The Morgan fingerprint density at radius 1 is 1.23 bits per heavy atom. The number of carbonyl (C=O) groups is 1. The van der Waals surface area contributed by atoms with E-state index in [0.717, 1.165) is 6.20 Å². The van der Waals surface area contributed by atoms with Gasteiger partial charge < -0.3 is 14.6 Å². The Hall–Kier alpha value is -4.48. The number of hydrogen-bond donors (Lipinski definition) is 2. The molecule has 0 aliphatic carbocycles. The van der Waals surface area contributed by atoms with E-state index in [9.17, 15) is 27.2 Å². The number of alkyl halides is 3. The molecule has 4 aromatic rings. The molecule has 3 aromatic heterocycles. The lowest BCUT2D eigenvalue weighted by molar-refractivity contribution is -0.138. The maximum Gasteiger partial charge on any atom is 0.423 e. The van der Waals surface area contributed by atoms with E-state index < -0.39 is 23.1 Å². The van der Waals surface area contributed by atoms with Crippen molar-refractivity contribution < 1.29 is 22.4 Å². The van der Waals surface area contributed by atoms with E-state index in [-0.39, 0.29) is 22.9 Å². The van der Waals surface area contributed by atoms with Crippen LogP contribution >= 0.6 is 0 Å². The number of rotatable bonds is 10. The number of H-pyrrole nitrogens is 1. The quantitative estimate of drug-likeness (QED) is 0.210. The van der Waals surface area contributed by atoms with Crippen LogP contribution in [-0.2, 0) is 6.18 Å². The van der Waals surface area contributed by atoms with Crippen LogP contribution in [0.5, 0.6) is 0 Å². The molecule has 8 nitrogen and oxygen atoms in total. The van der Waals surface area contributed by atoms with E-state index in [1.807, 2.05) is 29.2 Å². The first-order valence-corrected chi connectivity index (χ1v) is 12.1. The lowest BCUT2D eigenvalue weighted by Gasteiger charge is -2.20. The third-order valence-electron chi connectivity index (χ3n) is 6.14. The summed E-state index contributed by atoms with van der Waals surface area (Å²) in [6.45, 7) is 2.27. The molecule has 0 spiro atoms. The number of anilines is 1. The first-order chi connectivity index (χ1) is 18.6. The molecular formula is C27H26F4N6O2. The van der Waals surface area contributed by atoms with Crippen molar-refractivity contribution >= 4 is 23.7 Å². The minimum absolute atomic E-state index is 0.189. The highest BCUT2D eigenvalue weighted by Crippen LogP contribution is 2.32. The monoisotopic (exact) mass is 542 g/mol. The number of carbonyl (C=O) groups excluding carboxylic acids is 1. The molecule has 0 aliphatic heterocycles. The van der Waals surface area contributed by atoms with Gasteiger partial charge in [0.25, 0.3) is 5.56 Å². The Morgan fingerprint density at radius 3 is 2.74 bits per heavy atom. The maximum absolute atomic E-state index is 14.8. The average Bonchev–Trinajstić information content (AvgIpc) is 3.31. The van der Waals surface area contributed by atoms with Gasteiger partial charge in [0.05, 0.1) is 17.6 Å². The number of fused-ring (bicyclic) bond motifs is 1. The molecule has 0 fully saturated rings. The van der Waals surface area contributed by atoms with Crippen molar-refractivity contribution in [2.24, 2.45) is 0 Å². The number of pyridine rings is 1. The Balaban J connectivity index is 1.40. The summed E-state index contributed by atoms with van der Waals surface area (Å²) in [4.78, 5) is 29.5. The van der Waals surface area contributed by atoms with E-state index in [1.165, 1.54) is 6.07 Å². The summed E-state index contributed by atoms with van der Waals surface area (Å²) in [5.41, 5.74) is -0.912. The third kappa shape index (κ3) is 6.51. The van der Waals surface area contributed by atoms with Gasteiger partial charge in [0.15, 0.2) is 6.29 Å². The molecule has 2 N–H and O–H groups in total. The highest BCUT2D eigenvalue weighted by Gasteiger charge is 2.37. The number of hydrogen-bond acceptors (Lipinski definition) is 6. The number of aromatic nitrogens is 4. The van der Waals surface area contributed by atoms with Crippen LogP contribution in [0.3, 0.4) is 0 Å². The highest BCUT2D eigenvalue weighted by atomic mass is 19.4. The first-order valence-electron chi connectivity index (χ1n) is 12.1. The lowest BCUT2D eigenvalue weighted by atomic mass is 10.0. The SMILES string of the molecule is C[C@@H](CCCN(C)/C=C\c1cc(-c2cn3ccccc3n2)c(F)cc1C=O)Nc1cn[nH]c(=O)c1C(F)(F)F. The molecule has 0 amide bonds. The standard InChI is InChI=1S/C27H26F4N6O2/c1-17(33-22-14-32-35-26(39)25(22)27(29,30)31)6-5-9-36(2)11-8-18-12-20(21(28)13-19(18)16-38)23-15-37-10-4-3-7-24(37)34-23/h3-4,7-8,10-17H,5-6,9H2,1-2H3,(H2,33,35,39)/b11-8-/t17-/m0/s1. The van der Waals surface area contributed by atoms with Gasteiger partial charge in [-0.15, -0.1) is 0 Å². The normalized spacial score (nSPS) is 12.7. The number of halogens is 4. The molecule has 0 saturated carbocycles. The summed E-state index contributed by atoms with van der Waals surface area (Å²) in [5.74, 6) is -0.559. The van der Waals surface area contributed by atoms with E-state index >= 15 is 0 Å². The molecule has 1 atom stereocenters. The predicted molar refractivity (Wildman–Crippen MR) is 140 cm³/mol. The van der Waals surface area contributed by atoms with Crippen molar-refractivity contribution in [3.63, 3.8) is 0 Å². The van der Waals surface area contributed by atoms with Crippen LogP contribution in [0.1, 0.15) is 41.3 Å². The van der Waals surface area contributed by atoms with Crippen LogP contribution in [0.4, 0.5) is 23.2 Å². The van der Waals surface area contributed by atoms with Gasteiger partial charge in [0.2, 0.25) is 0 Å². The van der Waals surface area contributed by atoms with Crippen molar-refractivity contribution in [2.75, 3.05) is 18.9 Å². The van der Waals surface area contributed by atoms with Crippen LogP contribution in [0, 0.1) is 5.82 Å². The number of benzene rings is 1. The smallest absolute Gasteiger partial charge is 0.381 e. The molecule has 0 bridgehead atoms. The van der Waals surface area contributed by atoms with Gasteiger partial charge in [-0.2, -0.15) is 18.3 Å². The fourth-order valence-electron chi connectivity index (χ4n) is 4.17. The van der Waals surface area contributed by atoms with Crippen molar-refractivity contribution in [3.8, 4) is 11.3 Å². The minimum Gasteiger partial charge on any atom is -0.381 e. The Kier molecular flexibility index (Phi) is 8.12. The number of aromatic amines is 1. The molecule has 0 aliphatic rings. The molecule has 0 unspecified atom stereocenters. The molecule has 3 heterocycles. The van der Waals surface area contributed by atoms with Crippen molar-refractivity contribution in [1.82, 2.24) is 24.5 Å². The second kappa shape index (κ2) is 11.5. The molecule has 12 heteroatoms. The molecule has 0 radical (unpaired) electrons. The molecule has 204 valence electrons. The highest BCUT2D eigenvalue weighted by molar-refractivity contribution is 5.84. The zero-order chi connectivity index (χ0) is 28.2. The Labute approximate surface area is 221 Å². The number of nitrogens with zero attached hydrogens (tertiary/aromatic N) is 4. The van der Waals surface area contributed by atoms with E-state index in [4.69, 9.17) is 0 Å². The van der Waals surface area contributed by atoms with Crippen LogP contribution < -0.4 is 10.9 Å². The minimum atomic E-state index is -4.81. The molecular weight excluding hydrogens is 516 g/mol. The van der Waals surface area contributed by atoms with Crippen LogP contribution in [0.2, 0.25) is 0 Å². The van der Waals surface area contributed by atoms with Gasteiger partial charge in [-0.25, -0.2) is 14.5 Å². The third-order valence-corrected chi connectivity index (χ3v) is 6.14. The number of nitrogens with one attached hydrogen (secondary N) is 2. The Bertz CT molecular complexity index is 1530. The lowest BCUT2D eigenvalue weighted by Crippen LogP contribution is -2.27. The fraction of sp³-hybridized carbons (Fsp3) is 0.259.